The second kappa shape index (κ2) is 6.27. The zero-order valence-corrected chi connectivity index (χ0v) is 10.4. The normalized spacial score (nSPS) is 12.6. The van der Waals surface area contributed by atoms with Gasteiger partial charge in [-0.1, -0.05) is 12.1 Å². The van der Waals surface area contributed by atoms with Gasteiger partial charge >= 0.3 is 12.3 Å². The lowest BCUT2D eigenvalue weighted by Gasteiger charge is -2.17. The molecule has 0 aliphatic heterocycles. The Kier molecular flexibility index (Phi) is 4.95. The molecule has 0 fully saturated rings. The van der Waals surface area contributed by atoms with E-state index in [4.69, 9.17) is 5.11 Å². The summed E-state index contributed by atoms with van der Waals surface area (Å²) in [5, 5.41) is 11.2. The maximum atomic E-state index is 12.0. The fraction of sp³-hybridized carbons (Fsp3) is 0.333. The van der Waals surface area contributed by atoms with Gasteiger partial charge in [0.25, 0.3) is 0 Å². The number of nitrogens with one attached hydrogen (secondary N) is 1. The van der Waals surface area contributed by atoms with Gasteiger partial charge in [-0.15, -0.1) is 13.2 Å². The van der Waals surface area contributed by atoms with Crippen LogP contribution in [0.15, 0.2) is 24.3 Å². The number of amides is 1. The monoisotopic (exact) mass is 291 g/mol. The lowest BCUT2D eigenvalue weighted by Crippen LogP contribution is -2.28. The minimum absolute atomic E-state index is 0.372. The summed E-state index contributed by atoms with van der Waals surface area (Å²) in [6.45, 7) is 1.22. The summed E-state index contributed by atoms with van der Waals surface area (Å²) in [6, 6.07) is 3.83. The minimum atomic E-state index is -4.79. The van der Waals surface area contributed by atoms with Gasteiger partial charge in [0.15, 0.2) is 0 Å². The van der Waals surface area contributed by atoms with Crippen LogP contribution in [-0.2, 0) is 9.59 Å². The summed E-state index contributed by atoms with van der Waals surface area (Å²) >= 11 is 0. The first-order chi connectivity index (χ1) is 9.17. The molecule has 1 aromatic carbocycles. The van der Waals surface area contributed by atoms with Crippen molar-refractivity contribution in [2.75, 3.05) is 0 Å². The molecule has 5 nitrogen and oxygen atoms in total. The van der Waals surface area contributed by atoms with E-state index in [-0.39, 0.29) is 6.42 Å². The molecule has 1 rings (SSSR count). The Morgan fingerprint density at radius 2 is 1.85 bits per heavy atom. The fourth-order valence-electron chi connectivity index (χ4n) is 1.57. The van der Waals surface area contributed by atoms with Gasteiger partial charge in [0.2, 0.25) is 5.91 Å². The number of hydrogen-bond donors (Lipinski definition) is 2. The molecule has 8 heteroatoms. The largest absolute Gasteiger partial charge is 0.573 e. The molecule has 1 atom stereocenters. The molecule has 1 unspecified atom stereocenters. The second-order valence-corrected chi connectivity index (χ2v) is 3.97. The number of benzene rings is 1. The van der Waals surface area contributed by atoms with Gasteiger partial charge in [-0.3, -0.25) is 9.59 Å². The van der Waals surface area contributed by atoms with E-state index in [0.717, 1.165) is 12.1 Å². The van der Waals surface area contributed by atoms with E-state index in [9.17, 15) is 22.8 Å². The van der Waals surface area contributed by atoms with Gasteiger partial charge in [0.05, 0.1) is 12.5 Å². The average Bonchev–Trinajstić information content (AvgIpc) is 2.25. The van der Waals surface area contributed by atoms with Crippen molar-refractivity contribution in [1.82, 2.24) is 5.32 Å². The molecule has 0 aliphatic rings. The highest BCUT2D eigenvalue weighted by molar-refractivity contribution is 5.75. The van der Waals surface area contributed by atoms with Gasteiger partial charge in [-0.05, 0) is 17.7 Å². The van der Waals surface area contributed by atoms with Crippen molar-refractivity contribution in [1.29, 1.82) is 0 Å². The van der Waals surface area contributed by atoms with Crippen molar-refractivity contribution < 1.29 is 32.6 Å². The highest BCUT2D eigenvalue weighted by atomic mass is 19.4. The number of halogens is 3. The maximum absolute atomic E-state index is 12.0. The number of carboxylic acids is 1. The summed E-state index contributed by atoms with van der Waals surface area (Å²) in [5.41, 5.74) is 0.372. The standard InChI is InChI=1S/C12H12F3NO4/c1-7(17)16-10(6-11(18)19)8-2-4-9(5-3-8)20-12(13,14)15/h2-5,10H,6H2,1H3,(H,16,17)(H,18,19). The summed E-state index contributed by atoms with van der Waals surface area (Å²) in [4.78, 5) is 21.7. The number of carbonyl (C=O) groups is 2. The Bertz CT molecular complexity index is 468. The summed E-state index contributed by atoms with van der Waals surface area (Å²) < 4.78 is 39.7. The fourth-order valence-corrected chi connectivity index (χ4v) is 1.57. The molecule has 0 aromatic heterocycles. The van der Waals surface area contributed by atoms with E-state index in [0.29, 0.717) is 5.56 Å². The molecule has 20 heavy (non-hydrogen) atoms. The molecule has 2 N–H and O–H groups in total. The van der Waals surface area contributed by atoms with Crippen molar-refractivity contribution in [3.63, 3.8) is 0 Å². The van der Waals surface area contributed by atoms with Crippen LogP contribution in [0.2, 0.25) is 0 Å². The molecule has 0 bridgehead atoms. The highest BCUT2D eigenvalue weighted by Gasteiger charge is 2.31. The highest BCUT2D eigenvalue weighted by Crippen LogP contribution is 2.25. The Balaban J connectivity index is 2.86. The van der Waals surface area contributed by atoms with E-state index in [1.807, 2.05) is 0 Å². The molecule has 0 saturated carbocycles. The van der Waals surface area contributed by atoms with E-state index in [1.54, 1.807) is 0 Å². The van der Waals surface area contributed by atoms with Crippen molar-refractivity contribution in [3.05, 3.63) is 29.8 Å². The third kappa shape index (κ3) is 5.59. The van der Waals surface area contributed by atoms with E-state index in [1.165, 1.54) is 19.1 Å². The predicted octanol–water partition coefficient (Wildman–Crippen LogP) is 2.24. The number of aliphatic carboxylic acids is 1. The van der Waals surface area contributed by atoms with E-state index < -0.39 is 30.0 Å². The van der Waals surface area contributed by atoms with Crippen molar-refractivity contribution >= 4 is 11.9 Å². The molecule has 0 heterocycles. The minimum Gasteiger partial charge on any atom is -0.481 e. The second-order valence-electron chi connectivity index (χ2n) is 3.97. The van der Waals surface area contributed by atoms with E-state index >= 15 is 0 Å². The van der Waals surface area contributed by atoms with Crippen molar-refractivity contribution in [3.8, 4) is 5.75 Å². The van der Waals surface area contributed by atoms with Crippen LogP contribution in [0.5, 0.6) is 5.75 Å². The zero-order chi connectivity index (χ0) is 15.3. The maximum Gasteiger partial charge on any atom is 0.573 e. The van der Waals surface area contributed by atoms with Gasteiger partial charge < -0.3 is 15.2 Å². The van der Waals surface area contributed by atoms with Crippen LogP contribution in [0.4, 0.5) is 13.2 Å². The van der Waals surface area contributed by atoms with Crippen LogP contribution in [0, 0.1) is 0 Å². The van der Waals surface area contributed by atoms with Crippen LogP contribution in [-0.4, -0.2) is 23.3 Å². The lowest BCUT2D eigenvalue weighted by atomic mass is 10.0. The number of ether oxygens (including phenoxy) is 1. The SMILES string of the molecule is CC(=O)NC(CC(=O)O)c1ccc(OC(F)(F)F)cc1. The third-order valence-corrected chi connectivity index (χ3v) is 2.27. The molecular weight excluding hydrogens is 279 g/mol. The van der Waals surface area contributed by atoms with Crippen LogP contribution >= 0.6 is 0 Å². The third-order valence-electron chi connectivity index (χ3n) is 2.27. The number of hydrogen-bond acceptors (Lipinski definition) is 3. The van der Waals surface area contributed by atoms with Crippen molar-refractivity contribution in [2.45, 2.75) is 25.7 Å². The zero-order valence-electron chi connectivity index (χ0n) is 10.4. The Labute approximate surface area is 112 Å². The van der Waals surface area contributed by atoms with Crippen LogP contribution in [0.25, 0.3) is 0 Å². The van der Waals surface area contributed by atoms with Gasteiger partial charge in [-0.2, -0.15) is 0 Å². The van der Waals surface area contributed by atoms with Gasteiger partial charge in [-0.25, -0.2) is 0 Å². The number of carbonyl (C=O) groups excluding carboxylic acids is 1. The van der Waals surface area contributed by atoms with E-state index in [2.05, 4.69) is 10.1 Å². The summed E-state index contributed by atoms with van der Waals surface area (Å²) in [7, 11) is 0. The van der Waals surface area contributed by atoms with Crippen LogP contribution < -0.4 is 10.1 Å². The quantitative estimate of drug-likeness (QED) is 0.872. The Morgan fingerprint density at radius 1 is 1.30 bits per heavy atom. The molecule has 0 spiro atoms. The van der Waals surface area contributed by atoms with Crippen LogP contribution in [0.3, 0.4) is 0 Å². The smallest absolute Gasteiger partial charge is 0.481 e. The van der Waals surface area contributed by atoms with Crippen LogP contribution in [0.1, 0.15) is 24.9 Å². The summed E-state index contributed by atoms with van der Waals surface area (Å²) in [6.07, 6.45) is -5.17. The molecule has 1 aromatic rings. The molecule has 0 aliphatic carbocycles. The first-order valence-corrected chi connectivity index (χ1v) is 5.52. The molecular formula is C12H12F3NO4. The predicted molar refractivity (Wildman–Crippen MR) is 61.9 cm³/mol. The average molecular weight is 291 g/mol. The number of rotatable bonds is 5. The topological polar surface area (TPSA) is 75.6 Å². The first-order valence-electron chi connectivity index (χ1n) is 5.52. The van der Waals surface area contributed by atoms with Gasteiger partial charge in [0.1, 0.15) is 5.75 Å². The number of alkyl halides is 3. The number of carboxylic acid groups (broad SMARTS) is 1. The Hall–Kier alpha value is -2.25. The summed E-state index contributed by atoms with van der Waals surface area (Å²) in [5.74, 6) is -2.00. The first kappa shape index (κ1) is 15.8. The molecule has 0 radical (unpaired) electrons. The molecule has 110 valence electrons. The van der Waals surface area contributed by atoms with Gasteiger partial charge in [0, 0.05) is 6.92 Å². The van der Waals surface area contributed by atoms with Crippen molar-refractivity contribution in [2.24, 2.45) is 0 Å². The Morgan fingerprint density at radius 3 is 2.25 bits per heavy atom. The molecule has 1 amide bonds. The lowest BCUT2D eigenvalue weighted by molar-refractivity contribution is -0.274. The molecule has 0 saturated heterocycles.